The van der Waals surface area contributed by atoms with Crippen LogP contribution in [0.2, 0.25) is 0 Å². The number of amides is 1. The summed E-state index contributed by atoms with van der Waals surface area (Å²) in [4.78, 5) is 15.2. The Kier molecular flexibility index (Phi) is 6.38. The third-order valence-electron chi connectivity index (χ3n) is 3.12. The van der Waals surface area contributed by atoms with Gasteiger partial charge in [-0.1, -0.05) is 12.1 Å². The molecule has 5 nitrogen and oxygen atoms in total. The van der Waals surface area contributed by atoms with Crippen molar-refractivity contribution in [2.75, 3.05) is 19.3 Å². The Bertz CT molecular complexity index is 474. The van der Waals surface area contributed by atoms with Gasteiger partial charge in [0.2, 0.25) is 0 Å². The van der Waals surface area contributed by atoms with Gasteiger partial charge in [-0.15, -0.1) is 11.8 Å². The van der Waals surface area contributed by atoms with Crippen LogP contribution in [0, 0.1) is 5.92 Å². The van der Waals surface area contributed by atoms with E-state index in [9.17, 15) is 4.79 Å². The molecule has 3 N–H and O–H groups in total. The summed E-state index contributed by atoms with van der Waals surface area (Å²) < 4.78 is 0. The maximum atomic E-state index is 12.4. The lowest BCUT2D eigenvalue weighted by Gasteiger charge is -2.24. The van der Waals surface area contributed by atoms with Gasteiger partial charge in [0, 0.05) is 29.5 Å². The van der Waals surface area contributed by atoms with E-state index in [4.69, 9.17) is 10.9 Å². The van der Waals surface area contributed by atoms with Crippen molar-refractivity contribution < 1.29 is 10.0 Å². The van der Waals surface area contributed by atoms with Gasteiger partial charge in [-0.05, 0) is 37.4 Å². The maximum absolute atomic E-state index is 12.4. The molecule has 0 fully saturated rings. The van der Waals surface area contributed by atoms with Crippen LogP contribution in [0.25, 0.3) is 0 Å². The summed E-state index contributed by atoms with van der Waals surface area (Å²) in [6.07, 6.45) is 1.99. The van der Waals surface area contributed by atoms with E-state index in [1.807, 2.05) is 44.4 Å². The van der Waals surface area contributed by atoms with Crippen molar-refractivity contribution in [3.63, 3.8) is 0 Å². The summed E-state index contributed by atoms with van der Waals surface area (Å²) >= 11 is 1.64. The quantitative estimate of drug-likeness (QED) is 0.277. The highest BCUT2D eigenvalue weighted by molar-refractivity contribution is 7.98. The van der Waals surface area contributed by atoms with Crippen LogP contribution < -0.4 is 5.73 Å². The van der Waals surface area contributed by atoms with Gasteiger partial charge in [0.25, 0.3) is 5.91 Å². The molecule has 20 heavy (non-hydrogen) atoms. The molecular weight excluding hydrogens is 274 g/mol. The van der Waals surface area contributed by atoms with E-state index < -0.39 is 0 Å². The average molecular weight is 295 g/mol. The first kappa shape index (κ1) is 16.4. The Morgan fingerprint density at radius 2 is 2.05 bits per heavy atom. The zero-order valence-electron chi connectivity index (χ0n) is 12.0. The molecular formula is C14H21N3O2S. The summed E-state index contributed by atoms with van der Waals surface area (Å²) in [5.74, 6) is -0.0962. The Hall–Kier alpha value is -1.69. The van der Waals surface area contributed by atoms with Crippen LogP contribution in [0.3, 0.4) is 0 Å². The predicted octanol–water partition coefficient (Wildman–Crippen LogP) is 2.25. The number of thioether (sulfide) groups is 1. The number of carbonyl (C=O) groups is 1. The Morgan fingerprint density at radius 1 is 1.45 bits per heavy atom. The van der Waals surface area contributed by atoms with Crippen molar-refractivity contribution in [2.24, 2.45) is 16.8 Å². The zero-order chi connectivity index (χ0) is 15.1. The number of nitrogens with two attached hydrogens (primary N) is 1. The van der Waals surface area contributed by atoms with Crippen molar-refractivity contribution in [3.05, 3.63) is 29.8 Å². The molecule has 110 valence electrons. The molecule has 0 saturated carbocycles. The summed E-state index contributed by atoms with van der Waals surface area (Å²) in [6, 6.07) is 7.51. The second-order valence-electron chi connectivity index (χ2n) is 4.50. The monoisotopic (exact) mass is 295 g/mol. The van der Waals surface area contributed by atoms with Gasteiger partial charge in [0.05, 0.1) is 0 Å². The van der Waals surface area contributed by atoms with E-state index in [0.717, 1.165) is 4.90 Å². The minimum absolute atomic E-state index is 0.0438. The van der Waals surface area contributed by atoms with E-state index in [0.29, 0.717) is 18.7 Å². The molecule has 0 saturated heterocycles. The van der Waals surface area contributed by atoms with Crippen LogP contribution in [-0.2, 0) is 0 Å². The van der Waals surface area contributed by atoms with Gasteiger partial charge in [0.1, 0.15) is 5.84 Å². The summed E-state index contributed by atoms with van der Waals surface area (Å²) in [5.41, 5.74) is 6.20. The highest BCUT2D eigenvalue weighted by atomic mass is 32.2. The van der Waals surface area contributed by atoms with Crippen molar-refractivity contribution in [2.45, 2.75) is 18.7 Å². The smallest absolute Gasteiger partial charge is 0.253 e. The highest BCUT2D eigenvalue weighted by Crippen LogP contribution is 2.16. The van der Waals surface area contributed by atoms with Crippen LogP contribution in [0.5, 0.6) is 0 Å². The number of oxime groups is 1. The summed E-state index contributed by atoms with van der Waals surface area (Å²) in [6.45, 7) is 4.73. The third kappa shape index (κ3) is 4.16. The maximum Gasteiger partial charge on any atom is 0.253 e. The largest absolute Gasteiger partial charge is 0.409 e. The first-order valence-corrected chi connectivity index (χ1v) is 7.66. The van der Waals surface area contributed by atoms with Crippen molar-refractivity contribution in [1.29, 1.82) is 0 Å². The van der Waals surface area contributed by atoms with Crippen LogP contribution >= 0.6 is 11.8 Å². The van der Waals surface area contributed by atoms with E-state index in [-0.39, 0.29) is 17.7 Å². The number of hydrogen-bond acceptors (Lipinski definition) is 4. The predicted molar refractivity (Wildman–Crippen MR) is 82.4 cm³/mol. The topological polar surface area (TPSA) is 78.9 Å². The van der Waals surface area contributed by atoms with Crippen LogP contribution in [0.15, 0.2) is 34.3 Å². The van der Waals surface area contributed by atoms with Crippen LogP contribution in [-0.4, -0.2) is 41.2 Å². The van der Waals surface area contributed by atoms with Gasteiger partial charge in [-0.25, -0.2) is 0 Å². The Balaban J connectivity index is 2.80. The molecule has 0 aliphatic rings. The SMILES string of the molecule is CCN(CC(C)C(N)=NO)C(=O)c1ccc(SC)cc1. The molecule has 0 aromatic heterocycles. The molecule has 1 amide bonds. The van der Waals surface area contributed by atoms with E-state index in [1.165, 1.54) is 0 Å². The Morgan fingerprint density at radius 3 is 2.50 bits per heavy atom. The highest BCUT2D eigenvalue weighted by Gasteiger charge is 2.18. The first-order valence-electron chi connectivity index (χ1n) is 6.44. The molecule has 0 spiro atoms. The molecule has 0 aliphatic heterocycles. The standard InChI is InChI=1S/C14H21N3O2S/c1-4-17(9-10(2)13(15)16-19)14(18)11-5-7-12(20-3)8-6-11/h5-8,10,19H,4,9H2,1-3H3,(H2,15,16). The lowest BCUT2D eigenvalue weighted by atomic mass is 10.1. The normalized spacial score (nSPS) is 13.1. The number of amidine groups is 1. The van der Waals surface area contributed by atoms with E-state index in [2.05, 4.69) is 5.16 Å². The number of hydrogen-bond donors (Lipinski definition) is 2. The molecule has 0 radical (unpaired) electrons. The van der Waals surface area contributed by atoms with Gasteiger partial charge in [-0.2, -0.15) is 0 Å². The lowest BCUT2D eigenvalue weighted by Crippen LogP contribution is -2.38. The molecule has 1 aromatic carbocycles. The van der Waals surface area contributed by atoms with E-state index in [1.54, 1.807) is 16.7 Å². The fraction of sp³-hybridized carbons (Fsp3) is 0.429. The minimum atomic E-state index is -0.186. The lowest BCUT2D eigenvalue weighted by molar-refractivity contribution is 0.0753. The molecule has 0 bridgehead atoms. The molecule has 1 aromatic rings. The fourth-order valence-electron chi connectivity index (χ4n) is 1.79. The van der Waals surface area contributed by atoms with Gasteiger partial charge < -0.3 is 15.8 Å². The number of carbonyl (C=O) groups excluding carboxylic acids is 1. The molecule has 1 atom stereocenters. The van der Waals surface area contributed by atoms with E-state index >= 15 is 0 Å². The number of benzene rings is 1. The average Bonchev–Trinajstić information content (AvgIpc) is 2.50. The molecule has 1 unspecified atom stereocenters. The molecule has 0 heterocycles. The molecule has 6 heteroatoms. The van der Waals surface area contributed by atoms with Crippen molar-refractivity contribution in [1.82, 2.24) is 4.90 Å². The van der Waals surface area contributed by atoms with Crippen molar-refractivity contribution in [3.8, 4) is 0 Å². The zero-order valence-corrected chi connectivity index (χ0v) is 12.9. The minimum Gasteiger partial charge on any atom is -0.409 e. The van der Waals surface area contributed by atoms with Gasteiger partial charge in [0.15, 0.2) is 0 Å². The van der Waals surface area contributed by atoms with Gasteiger partial charge in [-0.3, -0.25) is 4.79 Å². The first-order chi connectivity index (χ1) is 9.53. The van der Waals surface area contributed by atoms with Crippen LogP contribution in [0.1, 0.15) is 24.2 Å². The fourth-order valence-corrected chi connectivity index (χ4v) is 2.20. The molecule has 1 rings (SSSR count). The van der Waals surface area contributed by atoms with Crippen molar-refractivity contribution >= 4 is 23.5 Å². The molecule has 0 aliphatic carbocycles. The second kappa shape index (κ2) is 7.79. The number of rotatable bonds is 6. The summed E-state index contributed by atoms with van der Waals surface area (Å²) in [7, 11) is 0. The summed E-state index contributed by atoms with van der Waals surface area (Å²) in [5, 5.41) is 11.6. The number of nitrogens with zero attached hydrogens (tertiary/aromatic N) is 2. The van der Waals surface area contributed by atoms with Crippen LogP contribution in [0.4, 0.5) is 0 Å². The van der Waals surface area contributed by atoms with Gasteiger partial charge >= 0.3 is 0 Å². The Labute approximate surface area is 123 Å². The third-order valence-corrected chi connectivity index (χ3v) is 3.86. The second-order valence-corrected chi connectivity index (χ2v) is 5.38.